The molecule has 2 aliphatic heterocycles. The van der Waals surface area contributed by atoms with Crippen molar-refractivity contribution in [1.82, 2.24) is 20.3 Å². The van der Waals surface area contributed by atoms with E-state index in [1.807, 2.05) is 0 Å². The van der Waals surface area contributed by atoms with Crippen LogP contribution in [0.4, 0.5) is 4.79 Å². The van der Waals surface area contributed by atoms with E-state index in [9.17, 15) is 9.59 Å². The highest BCUT2D eigenvalue weighted by Crippen LogP contribution is 2.45. The van der Waals surface area contributed by atoms with Gasteiger partial charge in [0, 0.05) is 11.9 Å². The Labute approximate surface area is 140 Å². The standard InChI is InChI=1S/C13H15BrN4O3S/c1-2-5-21-18-8-6-17(13(18)20)10(12(19)15-4-3-14)9-11(8)22-7-16-9/h2,7-8,10H,1,3-6H2,(H,15,19). The molecule has 1 saturated heterocycles. The highest BCUT2D eigenvalue weighted by atomic mass is 79.9. The van der Waals surface area contributed by atoms with Crippen LogP contribution in [0, 0.1) is 0 Å². The first-order valence-electron chi connectivity index (χ1n) is 6.79. The summed E-state index contributed by atoms with van der Waals surface area (Å²) in [6.07, 6.45) is 1.58. The minimum Gasteiger partial charge on any atom is -0.353 e. The van der Waals surface area contributed by atoms with Gasteiger partial charge < -0.3 is 10.2 Å². The lowest BCUT2D eigenvalue weighted by Gasteiger charge is -2.28. The van der Waals surface area contributed by atoms with Crippen molar-refractivity contribution < 1.29 is 14.4 Å². The second-order valence-corrected chi connectivity index (χ2v) is 6.52. The number of amides is 3. The van der Waals surface area contributed by atoms with E-state index in [2.05, 4.69) is 32.8 Å². The molecular weight excluding hydrogens is 372 g/mol. The van der Waals surface area contributed by atoms with Gasteiger partial charge in [0.05, 0.1) is 29.2 Å². The monoisotopic (exact) mass is 386 g/mol. The molecule has 1 aromatic rings. The van der Waals surface area contributed by atoms with E-state index in [4.69, 9.17) is 4.84 Å². The van der Waals surface area contributed by atoms with E-state index in [0.29, 0.717) is 24.1 Å². The van der Waals surface area contributed by atoms with Crippen molar-refractivity contribution in [3.05, 3.63) is 28.7 Å². The number of hydroxylamine groups is 2. The van der Waals surface area contributed by atoms with Crippen molar-refractivity contribution in [3.63, 3.8) is 0 Å². The normalized spacial score (nSPS) is 22.7. The summed E-state index contributed by atoms with van der Waals surface area (Å²) in [7, 11) is 0. The highest BCUT2D eigenvalue weighted by molar-refractivity contribution is 9.09. The predicted octanol–water partition coefficient (Wildman–Crippen LogP) is 1.61. The Kier molecular flexibility index (Phi) is 4.46. The molecule has 2 atom stereocenters. The number of alkyl halides is 1. The van der Waals surface area contributed by atoms with Crippen LogP contribution in [-0.4, -0.2) is 51.9 Å². The third-order valence-corrected chi connectivity index (χ3v) is 4.90. The number of carbonyl (C=O) groups excluding carboxylic acids is 2. The fraction of sp³-hybridized carbons (Fsp3) is 0.462. The second-order valence-electron chi connectivity index (χ2n) is 4.85. The topological polar surface area (TPSA) is 74.8 Å². The first kappa shape index (κ1) is 15.4. The van der Waals surface area contributed by atoms with Gasteiger partial charge in [0.2, 0.25) is 5.91 Å². The van der Waals surface area contributed by atoms with Crippen LogP contribution in [0.3, 0.4) is 0 Å². The third-order valence-electron chi connectivity index (χ3n) is 3.56. The van der Waals surface area contributed by atoms with Crippen LogP contribution >= 0.6 is 27.3 Å². The maximum absolute atomic E-state index is 12.5. The molecule has 0 aliphatic carbocycles. The molecule has 3 amide bonds. The number of nitrogens with zero attached hydrogens (tertiary/aromatic N) is 3. The molecule has 1 N–H and O–H groups in total. The number of hydrogen-bond donors (Lipinski definition) is 1. The number of hydrogen-bond acceptors (Lipinski definition) is 5. The summed E-state index contributed by atoms with van der Waals surface area (Å²) in [6, 6.07) is -1.22. The third kappa shape index (κ3) is 2.42. The maximum atomic E-state index is 12.5. The summed E-state index contributed by atoms with van der Waals surface area (Å²) >= 11 is 4.71. The van der Waals surface area contributed by atoms with Gasteiger partial charge in [-0.3, -0.25) is 9.63 Å². The average molecular weight is 387 g/mol. The molecule has 3 rings (SSSR count). The van der Waals surface area contributed by atoms with Gasteiger partial charge >= 0.3 is 6.03 Å². The zero-order valence-corrected chi connectivity index (χ0v) is 14.1. The van der Waals surface area contributed by atoms with Gasteiger partial charge in [0.25, 0.3) is 0 Å². The number of halogens is 1. The van der Waals surface area contributed by atoms with Crippen molar-refractivity contribution in [2.24, 2.45) is 0 Å². The Morgan fingerprint density at radius 2 is 2.50 bits per heavy atom. The van der Waals surface area contributed by atoms with Gasteiger partial charge in [0.15, 0.2) is 6.04 Å². The zero-order chi connectivity index (χ0) is 15.7. The summed E-state index contributed by atoms with van der Waals surface area (Å²) in [4.78, 5) is 37.2. The average Bonchev–Trinajstić information content (AvgIpc) is 3.10. The van der Waals surface area contributed by atoms with Crippen molar-refractivity contribution in [3.8, 4) is 0 Å². The maximum Gasteiger partial charge on any atom is 0.345 e. The lowest BCUT2D eigenvalue weighted by Crippen LogP contribution is -2.44. The number of nitrogens with one attached hydrogen (secondary N) is 1. The number of fused-ring (bicyclic) bond motifs is 4. The van der Waals surface area contributed by atoms with Crippen molar-refractivity contribution in [1.29, 1.82) is 0 Å². The van der Waals surface area contributed by atoms with Crippen molar-refractivity contribution >= 4 is 39.2 Å². The van der Waals surface area contributed by atoms with E-state index < -0.39 is 6.04 Å². The van der Waals surface area contributed by atoms with E-state index in [1.165, 1.54) is 21.3 Å². The summed E-state index contributed by atoms with van der Waals surface area (Å²) in [5.41, 5.74) is 2.35. The van der Waals surface area contributed by atoms with Crippen LogP contribution in [0.25, 0.3) is 0 Å². The first-order valence-corrected chi connectivity index (χ1v) is 8.79. The van der Waals surface area contributed by atoms with Crippen molar-refractivity contribution in [2.75, 3.05) is 25.0 Å². The second kappa shape index (κ2) is 6.35. The Hall–Kier alpha value is -1.45. The van der Waals surface area contributed by atoms with Gasteiger partial charge in [-0.2, -0.15) is 5.06 Å². The van der Waals surface area contributed by atoms with Crippen LogP contribution in [0.15, 0.2) is 18.2 Å². The molecule has 0 saturated carbocycles. The minimum absolute atomic E-state index is 0.213. The zero-order valence-electron chi connectivity index (χ0n) is 11.7. The van der Waals surface area contributed by atoms with Crippen LogP contribution in [-0.2, 0) is 9.63 Å². The van der Waals surface area contributed by atoms with Gasteiger partial charge in [-0.05, 0) is 0 Å². The smallest absolute Gasteiger partial charge is 0.345 e. The van der Waals surface area contributed by atoms with E-state index in [1.54, 1.807) is 11.6 Å². The number of carbonyl (C=O) groups is 2. The molecule has 22 heavy (non-hydrogen) atoms. The fourth-order valence-electron chi connectivity index (χ4n) is 2.68. The minimum atomic E-state index is -0.693. The molecule has 1 aromatic heterocycles. The van der Waals surface area contributed by atoms with Gasteiger partial charge in [-0.15, -0.1) is 17.9 Å². The largest absolute Gasteiger partial charge is 0.353 e. The van der Waals surface area contributed by atoms with Gasteiger partial charge in [-0.1, -0.05) is 22.0 Å². The lowest BCUT2D eigenvalue weighted by molar-refractivity contribution is -0.125. The van der Waals surface area contributed by atoms with Crippen LogP contribution < -0.4 is 5.32 Å². The molecule has 7 nitrogen and oxygen atoms in total. The van der Waals surface area contributed by atoms with E-state index >= 15 is 0 Å². The molecule has 3 heterocycles. The highest BCUT2D eigenvalue weighted by Gasteiger charge is 2.52. The lowest BCUT2D eigenvalue weighted by atomic mass is 10.0. The SMILES string of the molecule is C=CCON1C(=O)N2CC1c1scnc1C2C(=O)NCCBr. The number of thiazole rings is 1. The van der Waals surface area contributed by atoms with E-state index in [-0.39, 0.29) is 24.6 Å². The predicted molar refractivity (Wildman–Crippen MR) is 84.5 cm³/mol. The number of rotatable bonds is 6. The quantitative estimate of drug-likeness (QED) is 0.595. The Morgan fingerprint density at radius 3 is 3.23 bits per heavy atom. The molecule has 9 heteroatoms. The molecular formula is C13H15BrN4O3S. The number of aromatic nitrogens is 1. The molecule has 1 fully saturated rings. The van der Waals surface area contributed by atoms with E-state index in [0.717, 1.165) is 4.88 Å². The van der Waals surface area contributed by atoms with Crippen LogP contribution in [0.5, 0.6) is 0 Å². The Balaban J connectivity index is 1.91. The van der Waals surface area contributed by atoms with Crippen LogP contribution in [0.1, 0.15) is 22.7 Å². The summed E-state index contributed by atoms with van der Waals surface area (Å²) in [6.45, 7) is 4.75. The molecule has 2 unspecified atom stereocenters. The Morgan fingerprint density at radius 1 is 1.68 bits per heavy atom. The molecule has 0 radical (unpaired) electrons. The molecule has 0 aromatic carbocycles. The van der Waals surface area contributed by atoms with Gasteiger partial charge in [0.1, 0.15) is 6.04 Å². The molecule has 118 valence electrons. The summed E-state index contributed by atoms with van der Waals surface area (Å²) in [5, 5.41) is 4.79. The molecule has 2 aliphatic rings. The number of urea groups is 1. The summed E-state index contributed by atoms with van der Waals surface area (Å²) in [5.74, 6) is -0.219. The van der Waals surface area contributed by atoms with Crippen LogP contribution in [0.2, 0.25) is 0 Å². The van der Waals surface area contributed by atoms with Gasteiger partial charge in [-0.25, -0.2) is 9.78 Å². The Bertz CT molecular complexity index is 608. The fourth-order valence-corrected chi connectivity index (χ4v) is 3.77. The summed E-state index contributed by atoms with van der Waals surface area (Å²) < 4.78 is 0. The van der Waals surface area contributed by atoms with Crippen molar-refractivity contribution in [2.45, 2.75) is 12.1 Å². The molecule has 0 spiro atoms. The first-order chi connectivity index (χ1) is 10.7. The molecule has 2 bridgehead atoms.